The summed E-state index contributed by atoms with van der Waals surface area (Å²) in [5.41, 5.74) is 0. The molecule has 0 aromatic rings. The molecule has 0 bridgehead atoms. The first-order valence-electron chi connectivity index (χ1n) is 26.0. The maximum Gasteiger partial charge on any atom is 0.311 e. The number of carbonyl (C=O) groups is 4. The van der Waals surface area contributed by atoms with Crippen LogP contribution in [0.1, 0.15) is 192 Å². The molecule has 0 aromatic carbocycles. The molecular weight excluding hydrogens is 813 g/mol. The van der Waals surface area contributed by atoms with Crippen LogP contribution in [0.4, 0.5) is 0 Å². The summed E-state index contributed by atoms with van der Waals surface area (Å²) in [6, 6.07) is 0. The zero-order valence-electron chi connectivity index (χ0n) is 42.5. The van der Waals surface area contributed by atoms with E-state index in [1.807, 2.05) is 27.7 Å². The molecular formula is C53H94O11. The number of hydrogen-bond donors (Lipinski definition) is 1. The molecule has 0 heterocycles. The second kappa shape index (κ2) is 28.8. The first-order valence-corrected chi connectivity index (χ1v) is 26.0. The number of hydrogen-bond acceptors (Lipinski definition) is 10. The van der Waals surface area contributed by atoms with Crippen molar-refractivity contribution in [3.05, 3.63) is 0 Å². The number of aliphatic carboxylic acids is 1. The largest absolute Gasteiger partial charge is 0.481 e. The Hall–Kier alpha value is -2.24. The lowest BCUT2D eigenvalue weighted by Crippen LogP contribution is -2.28. The molecule has 11 nitrogen and oxygen atoms in total. The molecule has 1 N–H and O–H groups in total. The van der Waals surface area contributed by atoms with Crippen LogP contribution in [0.15, 0.2) is 0 Å². The van der Waals surface area contributed by atoms with Crippen molar-refractivity contribution < 1.29 is 52.7 Å². The second-order valence-corrected chi connectivity index (χ2v) is 21.7. The summed E-state index contributed by atoms with van der Waals surface area (Å²) in [4.78, 5) is 47.5. The van der Waals surface area contributed by atoms with Crippen molar-refractivity contribution >= 4 is 23.9 Å². The van der Waals surface area contributed by atoms with Crippen LogP contribution in [0.5, 0.6) is 0 Å². The van der Waals surface area contributed by atoms with Crippen LogP contribution in [0, 0.1) is 82.9 Å². The predicted octanol–water partition coefficient (Wildman–Crippen LogP) is 12.3. The Morgan fingerprint density at radius 3 is 1.02 bits per heavy atom. The molecule has 0 saturated heterocycles. The second-order valence-electron chi connectivity index (χ2n) is 21.7. The zero-order valence-corrected chi connectivity index (χ0v) is 42.5. The summed E-state index contributed by atoms with van der Waals surface area (Å²) in [5, 5.41) is 8.71. The summed E-state index contributed by atoms with van der Waals surface area (Å²) in [6.45, 7) is 27.2. The summed E-state index contributed by atoms with van der Waals surface area (Å²) in [6.07, 6.45) is 15.8. The Balaban J connectivity index is 0.000000318. The van der Waals surface area contributed by atoms with Gasteiger partial charge in [0.15, 0.2) is 12.6 Å². The molecule has 5 aliphatic carbocycles. The number of carboxylic acids is 1. The average molecular weight is 907 g/mol. The van der Waals surface area contributed by atoms with Crippen molar-refractivity contribution in [1.29, 1.82) is 0 Å². The van der Waals surface area contributed by atoms with Gasteiger partial charge in [0.2, 0.25) is 6.29 Å². The molecule has 11 unspecified atom stereocenters. The molecule has 11 heteroatoms. The van der Waals surface area contributed by atoms with E-state index in [-0.39, 0.29) is 47.9 Å². The summed E-state index contributed by atoms with van der Waals surface area (Å²) >= 11 is 0. The van der Waals surface area contributed by atoms with Crippen LogP contribution in [0.25, 0.3) is 0 Å². The minimum Gasteiger partial charge on any atom is -0.481 e. The third-order valence-corrected chi connectivity index (χ3v) is 15.6. The van der Waals surface area contributed by atoms with Gasteiger partial charge in [-0.05, 0) is 183 Å². The minimum absolute atomic E-state index is 0.0377. The fraction of sp³-hybridized carbons (Fsp3) is 0.925. The Bertz CT molecular complexity index is 1300. The lowest BCUT2D eigenvalue weighted by Gasteiger charge is -2.29. The molecule has 0 amide bonds. The molecule has 64 heavy (non-hydrogen) atoms. The standard InChI is InChI=1S/C30H52O6.C14H26O3.C9H16O2/c1-19(2)25-11-13-27(15-25)29(31)35-21(5)33-17-23-7-9-24(10-8-23)18-34-22(6)36-30(32)28-14-12-26(16-28)20(3)4;1-5-13(16-6-2)17-14(15)12-8-7-11(9-12)10(3)4;1-6(2)7-3-4-8(5-7)9(10)11/h19-28H,7-18H2,1-6H3;10-13H,5-9H2,1-4H3;6-8H,3-5H2,1-2H3,(H,10,11). The van der Waals surface area contributed by atoms with Crippen LogP contribution in [-0.4, -0.2) is 67.7 Å². The molecule has 0 aliphatic heterocycles. The van der Waals surface area contributed by atoms with E-state index in [4.69, 9.17) is 33.5 Å². The average Bonchev–Trinajstić information content (AvgIpc) is 4.10. The topological polar surface area (TPSA) is 144 Å². The Morgan fingerprint density at radius 2 is 0.750 bits per heavy atom. The van der Waals surface area contributed by atoms with Gasteiger partial charge in [-0.2, -0.15) is 0 Å². The zero-order chi connectivity index (χ0) is 47.5. The summed E-state index contributed by atoms with van der Waals surface area (Å²) < 4.78 is 33.8. The molecule has 372 valence electrons. The van der Waals surface area contributed by atoms with Gasteiger partial charge in [0.05, 0.1) is 36.9 Å². The van der Waals surface area contributed by atoms with Crippen LogP contribution < -0.4 is 0 Å². The monoisotopic (exact) mass is 907 g/mol. The maximum atomic E-state index is 12.5. The van der Waals surface area contributed by atoms with Crippen molar-refractivity contribution in [3.63, 3.8) is 0 Å². The van der Waals surface area contributed by atoms with Gasteiger partial charge in [0.1, 0.15) is 0 Å². The van der Waals surface area contributed by atoms with E-state index in [1.54, 1.807) is 0 Å². The first kappa shape index (κ1) is 56.1. The lowest BCUT2D eigenvalue weighted by molar-refractivity contribution is -0.185. The summed E-state index contributed by atoms with van der Waals surface area (Å²) in [7, 11) is 0. The maximum absolute atomic E-state index is 12.5. The van der Waals surface area contributed by atoms with E-state index in [0.717, 1.165) is 109 Å². The number of esters is 3. The Labute approximate surface area is 389 Å². The quantitative estimate of drug-likeness (QED) is 0.0708. The predicted molar refractivity (Wildman–Crippen MR) is 251 cm³/mol. The molecule has 5 fully saturated rings. The van der Waals surface area contributed by atoms with E-state index in [0.29, 0.717) is 79.0 Å². The van der Waals surface area contributed by atoms with Gasteiger partial charge in [0.25, 0.3) is 0 Å². The van der Waals surface area contributed by atoms with E-state index in [9.17, 15) is 19.2 Å². The highest BCUT2D eigenvalue weighted by Crippen LogP contribution is 2.39. The van der Waals surface area contributed by atoms with E-state index >= 15 is 0 Å². The van der Waals surface area contributed by atoms with Gasteiger partial charge in [-0.15, -0.1) is 0 Å². The number of carbonyl (C=O) groups excluding carboxylic acids is 3. The molecule has 5 saturated carbocycles. The molecule has 5 rings (SSSR count). The van der Waals surface area contributed by atoms with Crippen molar-refractivity contribution in [2.75, 3.05) is 19.8 Å². The van der Waals surface area contributed by atoms with Crippen LogP contribution >= 0.6 is 0 Å². The van der Waals surface area contributed by atoms with E-state index in [1.165, 1.54) is 0 Å². The number of rotatable bonds is 20. The smallest absolute Gasteiger partial charge is 0.311 e. The highest BCUT2D eigenvalue weighted by atomic mass is 16.7. The molecule has 11 atom stereocenters. The van der Waals surface area contributed by atoms with Crippen molar-refractivity contribution in [3.8, 4) is 0 Å². The normalized spacial score (nSPS) is 30.6. The van der Waals surface area contributed by atoms with Gasteiger partial charge >= 0.3 is 23.9 Å². The van der Waals surface area contributed by atoms with Crippen LogP contribution in [-0.2, 0) is 47.6 Å². The van der Waals surface area contributed by atoms with Gasteiger partial charge < -0.3 is 33.5 Å². The molecule has 0 radical (unpaired) electrons. The third kappa shape index (κ3) is 19.5. The van der Waals surface area contributed by atoms with Crippen LogP contribution in [0.2, 0.25) is 0 Å². The highest BCUT2D eigenvalue weighted by molar-refractivity contribution is 5.73. The van der Waals surface area contributed by atoms with Gasteiger partial charge in [-0.1, -0.05) is 62.3 Å². The van der Waals surface area contributed by atoms with E-state index < -0.39 is 18.5 Å². The van der Waals surface area contributed by atoms with Crippen molar-refractivity contribution in [1.82, 2.24) is 0 Å². The highest BCUT2D eigenvalue weighted by Gasteiger charge is 2.36. The third-order valence-electron chi connectivity index (χ3n) is 15.6. The van der Waals surface area contributed by atoms with E-state index in [2.05, 4.69) is 55.4 Å². The van der Waals surface area contributed by atoms with Gasteiger partial charge in [-0.3, -0.25) is 19.2 Å². The Morgan fingerprint density at radius 1 is 0.438 bits per heavy atom. The molecule has 0 spiro atoms. The van der Waals surface area contributed by atoms with Gasteiger partial charge in [-0.25, -0.2) is 0 Å². The van der Waals surface area contributed by atoms with Crippen LogP contribution in [0.3, 0.4) is 0 Å². The number of ether oxygens (including phenoxy) is 6. The fourth-order valence-corrected chi connectivity index (χ4v) is 10.7. The Kier molecular flexibility index (Phi) is 25.3. The lowest BCUT2D eigenvalue weighted by atomic mass is 9.83. The SMILES string of the molecule is CC(C)C1CCC(C(=O)O)C1.CC(OCC1CCC(COC(C)OC(=O)C2CCC(C(C)C)C2)CC1)OC(=O)C1CCC(C(C)C)C1.CCOC(CC)OC(=O)C1CCC(C(C)C)C1. The van der Waals surface area contributed by atoms with Crippen molar-refractivity contribution in [2.45, 2.75) is 211 Å². The first-order chi connectivity index (χ1) is 30.3. The minimum atomic E-state index is -0.604. The molecule has 0 aromatic heterocycles. The van der Waals surface area contributed by atoms with Gasteiger partial charge in [0, 0.05) is 13.0 Å². The van der Waals surface area contributed by atoms with Crippen molar-refractivity contribution in [2.24, 2.45) is 82.9 Å². The number of carboxylic acid groups (broad SMARTS) is 1. The fourth-order valence-electron chi connectivity index (χ4n) is 10.7. The summed E-state index contributed by atoms with van der Waals surface area (Å²) in [5.74, 6) is 5.44. The molecule has 5 aliphatic rings.